The molecule has 0 unspecified atom stereocenters. The minimum Gasteiger partial charge on any atom is -0.487 e. The molecule has 2 aromatic heterocycles. The van der Waals surface area contributed by atoms with Crippen LogP contribution in [0.2, 0.25) is 0 Å². The van der Waals surface area contributed by atoms with Gasteiger partial charge in [-0.15, -0.1) is 0 Å². The summed E-state index contributed by atoms with van der Waals surface area (Å²) in [7, 11) is 0. The van der Waals surface area contributed by atoms with Crippen LogP contribution < -0.4 is 15.2 Å². The van der Waals surface area contributed by atoms with Gasteiger partial charge < -0.3 is 9.64 Å². The third-order valence-corrected chi connectivity index (χ3v) is 4.26. The van der Waals surface area contributed by atoms with Crippen molar-refractivity contribution in [3.63, 3.8) is 0 Å². The van der Waals surface area contributed by atoms with Gasteiger partial charge in [-0.2, -0.15) is 0 Å². The van der Waals surface area contributed by atoms with Crippen molar-refractivity contribution in [1.29, 1.82) is 0 Å². The number of anilines is 1. The zero-order chi connectivity index (χ0) is 17.6. The van der Waals surface area contributed by atoms with E-state index in [1.54, 1.807) is 29.3 Å². The summed E-state index contributed by atoms with van der Waals surface area (Å²) in [4.78, 5) is 31.6. The van der Waals surface area contributed by atoms with E-state index < -0.39 is 0 Å². The molecule has 4 rings (SSSR count). The average Bonchev–Trinajstić information content (AvgIpc) is 2.60. The van der Waals surface area contributed by atoms with Crippen LogP contribution in [0.3, 0.4) is 0 Å². The van der Waals surface area contributed by atoms with Crippen molar-refractivity contribution in [1.82, 2.24) is 9.38 Å². The third-order valence-electron chi connectivity index (χ3n) is 4.26. The molecule has 0 saturated heterocycles. The van der Waals surface area contributed by atoms with E-state index in [-0.39, 0.29) is 23.1 Å². The fourth-order valence-electron chi connectivity index (χ4n) is 3.06. The van der Waals surface area contributed by atoms with Crippen molar-refractivity contribution in [2.75, 3.05) is 11.4 Å². The highest BCUT2D eigenvalue weighted by Crippen LogP contribution is 2.34. The summed E-state index contributed by atoms with van der Waals surface area (Å²) < 4.78 is 7.22. The second kappa shape index (κ2) is 5.73. The van der Waals surface area contributed by atoms with Gasteiger partial charge in [0.15, 0.2) is 0 Å². The molecule has 1 amide bonds. The second-order valence-electron chi connectivity index (χ2n) is 6.22. The Hall–Kier alpha value is -3.15. The van der Waals surface area contributed by atoms with Gasteiger partial charge in [0.2, 0.25) is 0 Å². The molecule has 1 atom stereocenters. The van der Waals surface area contributed by atoms with Crippen LogP contribution in [0.4, 0.5) is 5.69 Å². The minimum absolute atomic E-state index is 0.0457. The van der Waals surface area contributed by atoms with Crippen molar-refractivity contribution in [2.24, 2.45) is 0 Å². The van der Waals surface area contributed by atoms with Crippen molar-refractivity contribution in [3.05, 3.63) is 70.3 Å². The number of aromatic nitrogens is 2. The highest BCUT2D eigenvalue weighted by atomic mass is 16.5. The number of carbonyl (C=O) groups excluding carboxylic acids is 1. The molecule has 0 spiro atoms. The molecule has 1 aliphatic heterocycles. The molecule has 126 valence electrons. The number of ether oxygens (including phenoxy) is 1. The maximum atomic E-state index is 13.1. The highest BCUT2D eigenvalue weighted by Gasteiger charge is 2.30. The molecule has 1 aromatic carbocycles. The maximum absolute atomic E-state index is 13.1. The Balaban J connectivity index is 1.82. The number of pyridine rings is 1. The van der Waals surface area contributed by atoms with Crippen molar-refractivity contribution in [2.45, 2.75) is 20.0 Å². The van der Waals surface area contributed by atoms with Crippen molar-refractivity contribution < 1.29 is 9.53 Å². The quantitative estimate of drug-likeness (QED) is 0.685. The minimum atomic E-state index is -0.372. The fourth-order valence-corrected chi connectivity index (χ4v) is 3.06. The van der Waals surface area contributed by atoms with E-state index >= 15 is 0 Å². The lowest BCUT2D eigenvalue weighted by molar-refractivity contribution is 0.0959. The first kappa shape index (κ1) is 15.4. The van der Waals surface area contributed by atoms with Gasteiger partial charge in [-0.25, -0.2) is 4.98 Å². The van der Waals surface area contributed by atoms with Crippen LogP contribution >= 0.6 is 0 Å². The number of aryl methyl sites for hydroxylation is 1. The summed E-state index contributed by atoms with van der Waals surface area (Å²) in [6, 6.07) is 10.9. The number of hydrogen-bond donors (Lipinski definition) is 0. The topological polar surface area (TPSA) is 63.9 Å². The van der Waals surface area contributed by atoms with E-state index in [2.05, 4.69) is 4.98 Å². The van der Waals surface area contributed by atoms with Crippen molar-refractivity contribution in [3.8, 4) is 5.75 Å². The molecule has 3 aromatic rings. The lowest BCUT2D eigenvalue weighted by Gasteiger charge is -2.33. The van der Waals surface area contributed by atoms with E-state index in [1.165, 1.54) is 10.6 Å². The lowest BCUT2D eigenvalue weighted by atomic mass is 10.1. The molecule has 25 heavy (non-hydrogen) atoms. The molecular formula is C19H17N3O3. The summed E-state index contributed by atoms with van der Waals surface area (Å²) in [6.45, 7) is 4.25. The highest BCUT2D eigenvalue weighted by molar-refractivity contribution is 6.07. The van der Waals surface area contributed by atoms with Gasteiger partial charge in [-0.3, -0.25) is 14.0 Å². The Kier molecular flexibility index (Phi) is 3.53. The molecule has 0 bridgehead atoms. The van der Waals surface area contributed by atoms with Gasteiger partial charge >= 0.3 is 0 Å². The van der Waals surface area contributed by atoms with Gasteiger partial charge in [0, 0.05) is 12.4 Å². The van der Waals surface area contributed by atoms with Crippen LogP contribution in [0.25, 0.3) is 5.65 Å². The van der Waals surface area contributed by atoms with Gasteiger partial charge in [-0.1, -0.05) is 12.1 Å². The van der Waals surface area contributed by atoms with Crippen LogP contribution in [0.1, 0.15) is 22.8 Å². The van der Waals surface area contributed by atoms with Crippen molar-refractivity contribution >= 4 is 17.2 Å². The summed E-state index contributed by atoms with van der Waals surface area (Å²) >= 11 is 0. The lowest BCUT2D eigenvalue weighted by Crippen LogP contribution is -2.44. The van der Waals surface area contributed by atoms with Gasteiger partial charge in [-0.05, 0) is 43.7 Å². The maximum Gasteiger partial charge on any atom is 0.270 e. The van der Waals surface area contributed by atoms with Gasteiger partial charge in [0.25, 0.3) is 11.5 Å². The molecule has 0 aliphatic carbocycles. The number of benzene rings is 1. The largest absolute Gasteiger partial charge is 0.487 e. The van der Waals surface area contributed by atoms with Crippen LogP contribution in [0.15, 0.2) is 53.6 Å². The molecule has 6 nitrogen and oxygen atoms in total. The molecule has 0 N–H and O–H groups in total. The SMILES string of the molecule is Cc1ccc2c(c1)O[C@@H](C)CN2C(=O)c1cnc2ccccn2c1=O. The van der Waals surface area contributed by atoms with Crippen LogP contribution in [-0.2, 0) is 0 Å². The number of fused-ring (bicyclic) bond motifs is 2. The van der Waals surface area contributed by atoms with E-state index in [0.717, 1.165) is 5.56 Å². The third kappa shape index (κ3) is 2.55. The fraction of sp³-hybridized carbons (Fsp3) is 0.211. The molecule has 0 fully saturated rings. The predicted molar refractivity (Wildman–Crippen MR) is 94.4 cm³/mol. The number of amides is 1. The summed E-state index contributed by atoms with van der Waals surface area (Å²) in [5.41, 5.74) is 1.90. The first-order valence-electron chi connectivity index (χ1n) is 8.10. The van der Waals surface area contributed by atoms with Crippen LogP contribution in [0, 0.1) is 6.92 Å². The average molecular weight is 335 g/mol. The predicted octanol–water partition coefficient (Wildman–Crippen LogP) is 2.43. The van der Waals surface area contributed by atoms with E-state index in [4.69, 9.17) is 4.74 Å². The Morgan fingerprint density at radius 2 is 2.12 bits per heavy atom. The number of nitrogens with zero attached hydrogens (tertiary/aromatic N) is 3. The van der Waals surface area contributed by atoms with Crippen LogP contribution in [0.5, 0.6) is 5.75 Å². The zero-order valence-corrected chi connectivity index (χ0v) is 14.0. The Morgan fingerprint density at radius 1 is 1.28 bits per heavy atom. The first-order valence-corrected chi connectivity index (χ1v) is 8.10. The summed E-state index contributed by atoms with van der Waals surface area (Å²) in [6.07, 6.45) is 2.81. The normalized spacial score (nSPS) is 16.4. The number of hydrogen-bond acceptors (Lipinski definition) is 4. The van der Waals surface area contributed by atoms with E-state index in [0.29, 0.717) is 23.6 Å². The summed E-state index contributed by atoms with van der Waals surface area (Å²) in [5, 5.41) is 0. The smallest absolute Gasteiger partial charge is 0.270 e. The van der Waals surface area contributed by atoms with Crippen LogP contribution in [-0.4, -0.2) is 27.9 Å². The zero-order valence-electron chi connectivity index (χ0n) is 14.0. The standard InChI is InChI=1S/C19H17N3O3/c1-12-6-7-15-16(9-12)25-13(2)11-22(15)19(24)14-10-20-17-5-3-4-8-21(17)18(14)23/h3-10,13H,11H2,1-2H3/t13-/m0/s1. The van der Waals surface area contributed by atoms with Gasteiger partial charge in [0.1, 0.15) is 23.1 Å². The Morgan fingerprint density at radius 3 is 2.96 bits per heavy atom. The number of carbonyl (C=O) groups is 1. The molecule has 3 heterocycles. The molecular weight excluding hydrogens is 318 g/mol. The Bertz CT molecular complexity index is 1040. The molecule has 1 aliphatic rings. The monoisotopic (exact) mass is 335 g/mol. The molecule has 0 saturated carbocycles. The van der Waals surface area contributed by atoms with Gasteiger partial charge in [0.05, 0.1) is 12.2 Å². The summed E-state index contributed by atoms with van der Waals surface area (Å²) in [5.74, 6) is 0.289. The van der Waals surface area contributed by atoms with E-state index in [9.17, 15) is 9.59 Å². The van der Waals surface area contributed by atoms with E-state index in [1.807, 2.05) is 32.0 Å². The second-order valence-corrected chi connectivity index (χ2v) is 6.22. The number of rotatable bonds is 1. The molecule has 0 radical (unpaired) electrons. The first-order chi connectivity index (χ1) is 12.0. The Labute approximate surface area is 144 Å². The molecule has 6 heteroatoms.